The van der Waals surface area contributed by atoms with Crippen LogP contribution in [0.3, 0.4) is 0 Å². The first kappa shape index (κ1) is 12.6. The minimum atomic E-state index is 0.570. The molecule has 0 aliphatic heterocycles. The maximum absolute atomic E-state index is 5.90. The van der Waals surface area contributed by atoms with Crippen molar-refractivity contribution in [2.24, 2.45) is 5.92 Å². The minimum Gasteiger partial charge on any atom is -0.269 e. The van der Waals surface area contributed by atoms with Gasteiger partial charge in [0.25, 0.3) is 0 Å². The largest absolute Gasteiger partial charge is 0.269 e. The Morgan fingerprint density at radius 1 is 1.27 bits per heavy atom. The second kappa shape index (κ2) is 5.55. The molecule has 0 amide bonds. The molecule has 0 saturated carbocycles. The molecule has 3 heteroatoms. The van der Waals surface area contributed by atoms with E-state index in [2.05, 4.69) is 30.6 Å². The highest BCUT2D eigenvalue weighted by Crippen LogP contribution is 2.18. The Hall–Kier alpha value is -0.500. The molecule has 0 aliphatic rings. The molecular formula is C12H21ClN2. The fourth-order valence-corrected chi connectivity index (χ4v) is 2.28. The lowest BCUT2D eigenvalue weighted by molar-refractivity contribution is 0.390. The van der Waals surface area contributed by atoms with E-state index in [9.17, 15) is 0 Å². The zero-order valence-corrected chi connectivity index (χ0v) is 10.9. The smallest absolute Gasteiger partial charge is 0.0640 e. The molecule has 0 N–H and O–H groups in total. The zero-order chi connectivity index (χ0) is 11.4. The molecule has 0 atom stereocenters. The molecule has 0 aliphatic carbocycles. The van der Waals surface area contributed by atoms with Crippen LogP contribution in [-0.2, 0) is 12.4 Å². The summed E-state index contributed by atoms with van der Waals surface area (Å²) < 4.78 is 2.12. The number of nitrogens with zero attached hydrogens (tertiary/aromatic N) is 2. The van der Waals surface area contributed by atoms with Gasteiger partial charge in [0.1, 0.15) is 0 Å². The summed E-state index contributed by atoms with van der Waals surface area (Å²) in [6.45, 7) is 9.65. The summed E-state index contributed by atoms with van der Waals surface area (Å²) in [4.78, 5) is 0. The Morgan fingerprint density at radius 2 is 1.87 bits per heavy atom. The Balaban J connectivity index is 2.86. The molecule has 1 rings (SSSR count). The van der Waals surface area contributed by atoms with Gasteiger partial charge in [-0.3, -0.25) is 4.68 Å². The third kappa shape index (κ3) is 2.75. The molecule has 0 radical (unpaired) electrons. The van der Waals surface area contributed by atoms with Gasteiger partial charge in [-0.05, 0) is 19.8 Å². The van der Waals surface area contributed by atoms with Gasteiger partial charge in [0, 0.05) is 17.8 Å². The highest BCUT2D eigenvalue weighted by atomic mass is 35.5. The number of aromatic nitrogens is 2. The molecule has 0 saturated heterocycles. The number of alkyl halides is 1. The maximum atomic E-state index is 5.90. The van der Waals surface area contributed by atoms with Crippen molar-refractivity contribution < 1.29 is 0 Å². The van der Waals surface area contributed by atoms with Crippen molar-refractivity contribution in [2.75, 3.05) is 0 Å². The van der Waals surface area contributed by atoms with Crippen LogP contribution in [0.25, 0.3) is 0 Å². The molecule has 2 nitrogen and oxygen atoms in total. The van der Waals surface area contributed by atoms with E-state index in [1.807, 2.05) is 6.92 Å². The van der Waals surface area contributed by atoms with Crippen molar-refractivity contribution in [3.05, 3.63) is 17.0 Å². The number of hydrogen-bond acceptors (Lipinski definition) is 1. The SMILES string of the molecule is CCC(CC)Cn1nc(C)c(CCl)c1C. The first-order chi connectivity index (χ1) is 7.13. The van der Waals surface area contributed by atoms with E-state index in [1.165, 1.54) is 24.1 Å². The molecule has 0 fully saturated rings. The quantitative estimate of drug-likeness (QED) is 0.704. The van der Waals surface area contributed by atoms with E-state index >= 15 is 0 Å². The van der Waals surface area contributed by atoms with Crippen LogP contribution in [0, 0.1) is 19.8 Å². The van der Waals surface area contributed by atoms with Crippen LogP contribution in [0.5, 0.6) is 0 Å². The van der Waals surface area contributed by atoms with E-state index in [0.29, 0.717) is 5.88 Å². The van der Waals surface area contributed by atoms with Crippen molar-refractivity contribution in [1.82, 2.24) is 9.78 Å². The Morgan fingerprint density at radius 3 is 2.27 bits per heavy atom. The first-order valence-electron chi connectivity index (χ1n) is 5.72. The third-order valence-electron chi connectivity index (χ3n) is 3.25. The van der Waals surface area contributed by atoms with Gasteiger partial charge in [0.2, 0.25) is 0 Å². The summed E-state index contributed by atoms with van der Waals surface area (Å²) >= 11 is 5.90. The molecule has 0 aromatic carbocycles. The summed E-state index contributed by atoms with van der Waals surface area (Å²) in [6, 6.07) is 0. The van der Waals surface area contributed by atoms with Crippen molar-refractivity contribution in [1.29, 1.82) is 0 Å². The first-order valence-corrected chi connectivity index (χ1v) is 6.26. The predicted octanol–water partition coefficient (Wildman–Crippen LogP) is 3.67. The zero-order valence-electron chi connectivity index (χ0n) is 10.2. The summed E-state index contributed by atoms with van der Waals surface area (Å²) in [5.41, 5.74) is 3.51. The lowest BCUT2D eigenvalue weighted by Crippen LogP contribution is -2.12. The fourth-order valence-electron chi connectivity index (χ4n) is 1.90. The van der Waals surface area contributed by atoms with Crippen molar-refractivity contribution in [3.63, 3.8) is 0 Å². The van der Waals surface area contributed by atoms with Crippen LogP contribution < -0.4 is 0 Å². The van der Waals surface area contributed by atoms with E-state index in [0.717, 1.165) is 18.2 Å². The van der Waals surface area contributed by atoms with E-state index in [4.69, 9.17) is 11.6 Å². The third-order valence-corrected chi connectivity index (χ3v) is 3.52. The summed E-state index contributed by atoms with van der Waals surface area (Å²) in [5.74, 6) is 1.30. The number of rotatable bonds is 5. The van der Waals surface area contributed by atoms with Crippen molar-refractivity contribution in [3.8, 4) is 0 Å². The molecule has 0 bridgehead atoms. The van der Waals surface area contributed by atoms with Gasteiger partial charge in [-0.1, -0.05) is 26.7 Å². The normalized spacial score (nSPS) is 11.3. The molecule has 0 unspecified atom stereocenters. The van der Waals surface area contributed by atoms with Crippen LogP contribution >= 0.6 is 11.6 Å². The molecular weight excluding hydrogens is 208 g/mol. The van der Waals surface area contributed by atoms with E-state index in [1.54, 1.807) is 0 Å². The second-order valence-electron chi connectivity index (χ2n) is 4.15. The Labute approximate surface area is 97.6 Å². The monoisotopic (exact) mass is 228 g/mol. The van der Waals surface area contributed by atoms with Crippen molar-refractivity contribution >= 4 is 11.6 Å². The number of aryl methyl sites for hydroxylation is 1. The van der Waals surface area contributed by atoms with Gasteiger partial charge < -0.3 is 0 Å². The summed E-state index contributed by atoms with van der Waals surface area (Å²) in [7, 11) is 0. The highest BCUT2D eigenvalue weighted by Gasteiger charge is 2.12. The van der Waals surface area contributed by atoms with E-state index in [-0.39, 0.29) is 0 Å². The van der Waals surface area contributed by atoms with Crippen LogP contribution in [0.1, 0.15) is 43.6 Å². The maximum Gasteiger partial charge on any atom is 0.0640 e. The molecule has 0 spiro atoms. The van der Waals surface area contributed by atoms with Gasteiger partial charge >= 0.3 is 0 Å². The van der Waals surface area contributed by atoms with Crippen LogP contribution in [0.15, 0.2) is 0 Å². The lowest BCUT2D eigenvalue weighted by atomic mass is 10.0. The average molecular weight is 229 g/mol. The van der Waals surface area contributed by atoms with Gasteiger partial charge in [-0.15, -0.1) is 11.6 Å². The highest BCUT2D eigenvalue weighted by molar-refractivity contribution is 6.17. The van der Waals surface area contributed by atoms with Gasteiger partial charge in [0.05, 0.1) is 11.6 Å². The Bertz CT molecular complexity index is 314. The Kier molecular flexibility index (Phi) is 4.65. The number of hydrogen-bond donors (Lipinski definition) is 0. The standard InChI is InChI=1S/C12H21ClN2/c1-5-11(6-2)8-15-10(4)12(7-13)9(3)14-15/h11H,5-8H2,1-4H3. The molecule has 86 valence electrons. The summed E-state index contributed by atoms with van der Waals surface area (Å²) in [6.07, 6.45) is 2.43. The predicted molar refractivity (Wildman–Crippen MR) is 65.3 cm³/mol. The van der Waals surface area contributed by atoms with Crippen molar-refractivity contribution in [2.45, 2.75) is 53.0 Å². The van der Waals surface area contributed by atoms with Crippen LogP contribution in [0.2, 0.25) is 0 Å². The van der Waals surface area contributed by atoms with Crippen LogP contribution in [0.4, 0.5) is 0 Å². The summed E-state index contributed by atoms with van der Waals surface area (Å²) in [5, 5.41) is 4.55. The van der Waals surface area contributed by atoms with Gasteiger partial charge in [-0.2, -0.15) is 5.10 Å². The lowest BCUT2D eigenvalue weighted by Gasteiger charge is -2.13. The molecule has 15 heavy (non-hydrogen) atoms. The molecule has 1 heterocycles. The fraction of sp³-hybridized carbons (Fsp3) is 0.750. The topological polar surface area (TPSA) is 17.8 Å². The molecule has 1 aromatic heterocycles. The minimum absolute atomic E-state index is 0.570. The molecule has 1 aromatic rings. The second-order valence-corrected chi connectivity index (χ2v) is 4.41. The van der Waals surface area contributed by atoms with E-state index < -0.39 is 0 Å². The number of halogens is 1. The average Bonchev–Trinajstić information content (AvgIpc) is 2.50. The van der Waals surface area contributed by atoms with Gasteiger partial charge in [0.15, 0.2) is 0 Å². The van der Waals surface area contributed by atoms with Crippen LogP contribution in [-0.4, -0.2) is 9.78 Å². The van der Waals surface area contributed by atoms with Gasteiger partial charge in [-0.25, -0.2) is 0 Å².